The predicted octanol–water partition coefficient (Wildman–Crippen LogP) is 3.10. The molecule has 0 saturated carbocycles. The van der Waals surface area contributed by atoms with Crippen molar-refractivity contribution in [3.05, 3.63) is 54.4 Å². The summed E-state index contributed by atoms with van der Waals surface area (Å²) in [5.74, 6) is 0.826. The zero-order chi connectivity index (χ0) is 23.8. The highest BCUT2D eigenvalue weighted by Gasteiger charge is 2.25. The van der Waals surface area contributed by atoms with Gasteiger partial charge in [0.25, 0.3) is 5.92 Å². The lowest BCUT2D eigenvalue weighted by molar-refractivity contribution is -0.126. The summed E-state index contributed by atoms with van der Waals surface area (Å²) >= 11 is 0. The molecule has 1 N–H and O–H groups in total. The number of benzene rings is 1. The van der Waals surface area contributed by atoms with Gasteiger partial charge in [-0.15, -0.1) is 6.42 Å². The van der Waals surface area contributed by atoms with Gasteiger partial charge in [0.2, 0.25) is 5.91 Å². The average Bonchev–Trinajstić information content (AvgIpc) is 2.79. The summed E-state index contributed by atoms with van der Waals surface area (Å²) in [5, 5.41) is 3.16. The molecule has 0 atom stereocenters. The quantitative estimate of drug-likeness (QED) is 0.489. The number of nitrogens with one attached hydrogen (secondary N) is 1. The van der Waals surface area contributed by atoms with Crippen molar-refractivity contribution in [3.8, 4) is 12.3 Å². The number of hydrogen-bond donors (Lipinski definition) is 1. The Kier molecular flexibility index (Phi) is 7.96. The summed E-state index contributed by atoms with van der Waals surface area (Å²) in [4.78, 5) is 27.1. The van der Waals surface area contributed by atoms with Crippen LogP contribution in [0.4, 0.5) is 26.1 Å². The Morgan fingerprint density at radius 2 is 1.88 bits per heavy atom. The van der Waals surface area contributed by atoms with E-state index in [0.717, 1.165) is 6.92 Å². The van der Waals surface area contributed by atoms with E-state index in [1.807, 2.05) is 18.0 Å². The van der Waals surface area contributed by atoms with Crippen molar-refractivity contribution < 1.29 is 13.6 Å². The molecule has 1 aliphatic heterocycles. The van der Waals surface area contributed by atoms with Crippen molar-refractivity contribution in [2.24, 2.45) is 0 Å². The molecule has 1 saturated heterocycles. The number of rotatable bonds is 8. The summed E-state index contributed by atoms with van der Waals surface area (Å²) in [5.41, 5.74) is 0.587. The van der Waals surface area contributed by atoms with Crippen molar-refractivity contribution in [3.63, 3.8) is 0 Å². The second-order valence-electron chi connectivity index (χ2n) is 7.93. The van der Waals surface area contributed by atoms with Crippen LogP contribution >= 0.6 is 0 Å². The molecule has 0 radical (unpaired) electrons. The van der Waals surface area contributed by atoms with Gasteiger partial charge in [-0.05, 0) is 19.2 Å². The third-order valence-corrected chi connectivity index (χ3v) is 5.26. The minimum atomic E-state index is -2.89. The van der Waals surface area contributed by atoms with Gasteiger partial charge in [0, 0.05) is 69.4 Å². The number of nitrogens with zero attached hydrogens (tertiary/aromatic N) is 5. The normalized spacial score (nSPS) is 14.5. The number of piperazine rings is 1. The second kappa shape index (κ2) is 10.9. The van der Waals surface area contributed by atoms with Crippen molar-refractivity contribution in [1.82, 2.24) is 19.8 Å². The SMILES string of the molecule is C#CCN(C)C/C=C/C(=O)N1CCN(c2nccnc2Nc2ccc(C(C)(F)F)cc2)CC1. The number of anilines is 3. The Balaban J connectivity index is 1.59. The first-order chi connectivity index (χ1) is 15.8. The van der Waals surface area contributed by atoms with E-state index in [0.29, 0.717) is 56.6 Å². The van der Waals surface area contributed by atoms with Gasteiger partial charge in [-0.25, -0.2) is 18.7 Å². The van der Waals surface area contributed by atoms with E-state index < -0.39 is 5.92 Å². The first-order valence-corrected chi connectivity index (χ1v) is 10.7. The first kappa shape index (κ1) is 24.1. The Labute approximate surface area is 193 Å². The van der Waals surface area contributed by atoms with Crippen LogP contribution in [0.5, 0.6) is 0 Å². The van der Waals surface area contributed by atoms with E-state index in [1.165, 1.54) is 12.1 Å². The number of carbonyl (C=O) groups is 1. The summed E-state index contributed by atoms with van der Waals surface area (Å²) in [6.07, 6.45) is 11.9. The molecule has 0 bridgehead atoms. The van der Waals surface area contributed by atoms with Gasteiger partial charge < -0.3 is 15.1 Å². The number of terminal acetylenes is 1. The third kappa shape index (κ3) is 6.73. The second-order valence-corrected chi connectivity index (χ2v) is 7.93. The number of hydrogen-bond acceptors (Lipinski definition) is 6. The molecule has 3 rings (SSSR count). The highest BCUT2D eigenvalue weighted by molar-refractivity contribution is 5.87. The smallest absolute Gasteiger partial charge is 0.270 e. The van der Waals surface area contributed by atoms with Gasteiger partial charge in [0.15, 0.2) is 11.6 Å². The fraction of sp³-hybridized carbons (Fsp3) is 0.375. The zero-order valence-corrected chi connectivity index (χ0v) is 18.8. The number of likely N-dealkylation sites (N-methyl/N-ethyl adjacent to an activating group) is 1. The fourth-order valence-corrected chi connectivity index (χ4v) is 3.43. The van der Waals surface area contributed by atoms with E-state index in [1.54, 1.807) is 35.5 Å². The van der Waals surface area contributed by atoms with Crippen molar-refractivity contribution >= 4 is 23.2 Å². The molecular formula is C24H28F2N6O. The Hall–Kier alpha value is -3.51. The number of alkyl halides is 2. The maximum Gasteiger partial charge on any atom is 0.270 e. The van der Waals surface area contributed by atoms with Crippen LogP contribution in [0, 0.1) is 12.3 Å². The Morgan fingerprint density at radius 3 is 2.52 bits per heavy atom. The summed E-state index contributed by atoms with van der Waals surface area (Å²) < 4.78 is 26.9. The third-order valence-electron chi connectivity index (χ3n) is 5.26. The van der Waals surface area contributed by atoms with E-state index in [9.17, 15) is 13.6 Å². The molecule has 174 valence electrons. The largest absolute Gasteiger partial charge is 0.350 e. The van der Waals surface area contributed by atoms with Gasteiger partial charge in [-0.3, -0.25) is 9.69 Å². The van der Waals surface area contributed by atoms with Crippen LogP contribution in [0.2, 0.25) is 0 Å². The van der Waals surface area contributed by atoms with Crippen LogP contribution in [-0.4, -0.2) is 72.0 Å². The van der Waals surface area contributed by atoms with E-state index in [2.05, 4.69) is 26.1 Å². The highest BCUT2D eigenvalue weighted by atomic mass is 19.3. The van der Waals surface area contributed by atoms with Crippen molar-refractivity contribution in [2.45, 2.75) is 12.8 Å². The minimum absolute atomic E-state index is 0.0333. The van der Waals surface area contributed by atoms with Crippen LogP contribution in [0.3, 0.4) is 0 Å². The number of amides is 1. The number of aromatic nitrogens is 2. The van der Waals surface area contributed by atoms with Gasteiger partial charge in [-0.2, -0.15) is 0 Å². The van der Waals surface area contributed by atoms with Crippen molar-refractivity contribution in [1.29, 1.82) is 0 Å². The van der Waals surface area contributed by atoms with E-state index >= 15 is 0 Å². The van der Waals surface area contributed by atoms with Crippen molar-refractivity contribution in [2.75, 3.05) is 56.5 Å². The lowest BCUT2D eigenvalue weighted by atomic mass is 10.1. The maximum absolute atomic E-state index is 13.5. The molecule has 9 heteroatoms. The lowest BCUT2D eigenvalue weighted by Crippen LogP contribution is -2.48. The molecule has 1 aromatic carbocycles. The molecule has 7 nitrogen and oxygen atoms in total. The minimum Gasteiger partial charge on any atom is -0.350 e. The molecule has 0 spiro atoms. The monoisotopic (exact) mass is 454 g/mol. The predicted molar refractivity (Wildman–Crippen MR) is 126 cm³/mol. The molecule has 0 unspecified atom stereocenters. The highest BCUT2D eigenvalue weighted by Crippen LogP contribution is 2.29. The molecule has 0 aliphatic carbocycles. The Bertz CT molecular complexity index is 1000. The van der Waals surface area contributed by atoms with Gasteiger partial charge >= 0.3 is 0 Å². The summed E-state index contributed by atoms with van der Waals surface area (Å²) in [6, 6.07) is 5.96. The Morgan fingerprint density at radius 1 is 1.21 bits per heavy atom. The standard InChI is InChI=1S/C24H28F2N6O/c1-4-13-30(3)14-5-6-21(33)31-15-17-32(18-16-31)23-22(27-11-12-28-23)29-20-9-7-19(8-10-20)24(2,25)26/h1,5-12H,13-18H2,2-3H3,(H,27,29)/b6-5+. The van der Waals surface area contributed by atoms with E-state index in [4.69, 9.17) is 6.42 Å². The molecule has 1 aliphatic rings. The number of carbonyl (C=O) groups excluding carboxylic acids is 1. The van der Waals surface area contributed by atoms with Gasteiger partial charge in [0.1, 0.15) is 0 Å². The number of halogens is 2. The zero-order valence-electron chi connectivity index (χ0n) is 18.8. The van der Waals surface area contributed by atoms with Gasteiger partial charge in [0.05, 0.1) is 6.54 Å². The topological polar surface area (TPSA) is 64.6 Å². The molecule has 2 aromatic rings. The first-order valence-electron chi connectivity index (χ1n) is 10.7. The average molecular weight is 455 g/mol. The lowest BCUT2D eigenvalue weighted by Gasteiger charge is -2.35. The van der Waals surface area contributed by atoms with Crippen LogP contribution in [0.1, 0.15) is 12.5 Å². The molecule has 2 heterocycles. The van der Waals surface area contributed by atoms with Crippen LogP contribution in [0.25, 0.3) is 0 Å². The van der Waals surface area contributed by atoms with E-state index in [-0.39, 0.29) is 11.5 Å². The molecule has 1 amide bonds. The molecular weight excluding hydrogens is 426 g/mol. The molecule has 1 aromatic heterocycles. The summed E-state index contributed by atoms with van der Waals surface area (Å²) in [7, 11) is 1.90. The maximum atomic E-state index is 13.5. The van der Waals surface area contributed by atoms with Crippen LogP contribution < -0.4 is 10.2 Å². The molecule has 1 fully saturated rings. The summed E-state index contributed by atoms with van der Waals surface area (Å²) in [6.45, 7) is 4.33. The van der Waals surface area contributed by atoms with Crippen LogP contribution in [-0.2, 0) is 10.7 Å². The fourth-order valence-electron chi connectivity index (χ4n) is 3.43. The van der Waals surface area contributed by atoms with Gasteiger partial charge in [-0.1, -0.05) is 24.1 Å². The molecule has 33 heavy (non-hydrogen) atoms. The van der Waals surface area contributed by atoms with Crippen LogP contribution in [0.15, 0.2) is 48.8 Å².